The molecule has 3 rings (SSSR count). The van der Waals surface area contributed by atoms with Crippen LogP contribution in [0.15, 0.2) is 18.2 Å². The van der Waals surface area contributed by atoms with Crippen molar-refractivity contribution in [2.24, 2.45) is 5.41 Å². The molecule has 1 aromatic carbocycles. The molecule has 1 heterocycles. The summed E-state index contributed by atoms with van der Waals surface area (Å²) in [5, 5.41) is 0. The topological polar surface area (TPSA) is 46.3 Å². The zero-order chi connectivity index (χ0) is 14.2. The standard InChI is InChI=1S/C17H24N2O/c1-13-5-6-14(18)11-15(13)16(20)19-10-9-17(12-19)7-3-2-4-8-17/h5-6,11H,2-4,7-10,12,18H2,1H3. The Balaban J connectivity index is 1.77. The maximum absolute atomic E-state index is 12.7. The Labute approximate surface area is 121 Å². The van der Waals surface area contributed by atoms with Gasteiger partial charge in [-0.15, -0.1) is 0 Å². The number of rotatable bonds is 1. The molecule has 3 heteroatoms. The Morgan fingerprint density at radius 3 is 2.70 bits per heavy atom. The fraction of sp³-hybridized carbons (Fsp3) is 0.588. The molecule has 0 bridgehead atoms. The van der Waals surface area contributed by atoms with E-state index in [1.165, 1.54) is 38.5 Å². The van der Waals surface area contributed by atoms with Crippen LogP contribution in [0.25, 0.3) is 0 Å². The van der Waals surface area contributed by atoms with Crippen LogP contribution in [0.4, 0.5) is 5.69 Å². The third-order valence-electron chi connectivity index (χ3n) is 5.13. The maximum atomic E-state index is 12.7. The molecule has 108 valence electrons. The Kier molecular flexibility index (Phi) is 3.45. The Hall–Kier alpha value is -1.51. The quantitative estimate of drug-likeness (QED) is 0.797. The lowest BCUT2D eigenvalue weighted by Gasteiger charge is -2.33. The van der Waals surface area contributed by atoms with Crippen LogP contribution >= 0.6 is 0 Å². The van der Waals surface area contributed by atoms with Gasteiger partial charge in [0.05, 0.1) is 0 Å². The lowest BCUT2D eigenvalue weighted by atomic mass is 9.73. The van der Waals surface area contributed by atoms with Gasteiger partial charge in [-0.25, -0.2) is 0 Å². The number of anilines is 1. The van der Waals surface area contributed by atoms with E-state index in [9.17, 15) is 4.79 Å². The van der Waals surface area contributed by atoms with E-state index in [2.05, 4.69) is 0 Å². The fourth-order valence-electron chi connectivity index (χ4n) is 3.86. The monoisotopic (exact) mass is 272 g/mol. The average Bonchev–Trinajstić information content (AvgIpc) is 2.85. The Morgan fingerprint density at radius 1 is 1.20 bits per heavy atom. The van der Waals surface area contributed by atoms with Gasteiger partial charge in [0.15, 0.2) is 0 Å². The number of amides is 1. The van der Waals surface area contributed by atoms with Crippen LogP contribution in [0.3, 0.4) is 0 Å². The first-order valence-corrected chi connectivity index (χ1v) is 7.75. The molecule has 1 aromatic rings. The molecular weight excluding hydrogens is 248 g/mol. The molecular formula is C17H24N2O. The van der Waals surface area contributed by atoms with E-state index >= 15 is 0 Å². The molecule has 0 unspecified atom stereocenters. The van der Waals surface area contributed by atoms with E-state index in [0.29, 0.717) is 11.1 Å². The molecule has 0 atom stereocenters. The summed E-state index contributed by atoms with van der Waals surface area (Å²) in [7, 11) is 0. The second-order valence-electron chi connectivity index (χ2n) is 6.61. The summed E-state index contributed by atoms with van der Waals surface area (Å²) in [6.45, 7) is 3.84. The molecule has 1 saturated carbocycles. The number of nitrogen functional groups attached to an aromatic ring is 1. The van der Waals surface area contributed by atoms with Gasteiger partial charge in [-0.1, -0.05) is 25.3 Å². The zero-order valence-corrected chi connectivity index (χ0v) is 12.3. The number of benzene rings is 1. The van der Waals surface area contributed by atoms with Crippen LogP contribution < -0.4 is 5.73 Å². The fourth-order valence-corrected chi connectivity index (χ4v) is 3.86. The van der Waals surface area contributed by atoms with Crippen LogP contribution in [0.5, 0.6) is 0 Å². The van der Waals surface area contributed by atoms with Crippen molar-refractivity contribution in [1.82, 2.24) is 4.90 Å². The number of nitrogens with zero attached hydrogens (tertiary/aromatic N) is 1. The summed E-state index contributed by atoms with van der Waals surface area (Å²) >= 11 is 0. The van der Waals surface area contributed by atoms with Crippen molar-refractivity contribution in [1.29, 1.82) is 0 Å². The molecule has 1 spiro atoms. The smallest absolute Gasteiger partial charge is 0.254 e. The highest BCUT2D eigenvalue weighted by atomic mass is 16.2. The molecule has 2 aliphatic rings. The average molecular weight is 272 g/mol. The molecule has 20 heavy (non-hydrogen) atoms. The minimum atomic E-state index is 0.164. The number of hydrogen-bond donors (Lipinski definition) is 1. The lowest BCUT2D eigenvalue weighted by molar-refractivity contribution is 0.0758. The molecule has 0 radical (unpaired) electrons. The molecule has 2 fully saturated rings. The second kappa shape index (κ2) is 5.12. The van der Waals surface area contributed by atoms with Gasteiger partial charge >= 0.3 is 0 Å². The highest BCUT2D eigenvalue weighted by Gasteiger charge is 2.40. The van der Waals surface area contributed by atoms with Gasteiger partial charge in [0.2, 0.25) is 0 Å². The van der Waals surface area contributed by atoms with E-state index in [0.717, 1.165) is 24.2 Å². The van der Waals surface area contributed by atoms with E-state index < -0.39 is 0 Å². The van der Waals surface area contributed by atoms with Crippen LogP contribution in [0.2, 0.25) is 0 Å². The van der Waals surface area contributed by atoms with Gasteiger partial charge in [-0.3, -0.25) is 4.79 Å². The highest BCUT2D eigenvalue weighted by Crippen LogP contribution is 2.44. The van der Waals surface area contributed by atoms with Crippen molar-refractivity contribution >= 4 is 11.6 Å². The van der Waals surface area contributed by atoms with Gasteiger partial charge in [0.1, 0.15) is 0 Å². The molecule has 1 aliphatic heterocycles. The van der Waals surface area contributed by atoms with E-state index in [4.69, 9.17) is 5.73 Å². The van der Waals surface area contributed by atoms with E-state index in [-0.39, 0.29) is 5.91 Å². The van der Waals surface area contributed by atoms with Crippen molar-refractivity contribution in [3.63, 3.8) is 0 Å². The summed E-state index contributed by atoms with van der Waals surface area (Å²) in [4.78, 5) is 14.8. The molecule has 1 aliphatic carbocycles. The number of carbonyl (C=O) groups is 1. The SMILES string of the molecule is Cc1ccc(N)cc1C(=O)N1CCC2(CCCCC2)C1. The van der Waals surface area contributed by atoms with E-state index in [1.54, 1.807) is 0 Å². The predicted molar refractivity (Wildman–Crippen MR) is 81.6 cm³/mol. The summed E-state index contributed by atoms with van der Waals surface area (Å²) < 4.78 is 0. The summed E-state index contributed by atoms with van der Waals surface area (Å²) in [5.41, 5.74) is 8.72. The molecule has 2 N–H and O–H groups in total. The third-order valence-corrected chi connectivity index (χ3v) is 5.13. The van der Waals surface area contributed by atoms with Crippen molar-refractivity contribution in [3.8, 4) is 0 Å². The van der Waals surface area contributed by atoms with Gasteiger partial charge in [0, 0.05) is 24.3 Å². The number of likely N-dealkylation sites (tertiary alicyclic amines) is 1. The molecule has 1 saturated heterocycles. The van der Waals surface area contributed by atoms with E-state index in [1.807, 2.05) is 30.0 Å². The van der Waals surface area contributed by atoms with Gasteiger partial charge < -0.3 is 10.6 Å². The van der Waals surface area contributed by atoms with Crippen molar-refractivity contribution in [3.05, 3.63) is 29.3 Å². The van der Waals surface area contributed by atoms with Gasteiger partial charge in [-0.2, -0.15) is 0 Å². The van der Waals surface area contributed by atoms with Gasteiger partial charge in [0.25, 0.3) is 5.91 Å². The Morgan fingerprint density at radius 2 is 1.95 bits per heavy atom. The Bertz CT molecular complexity index is 518. The number of nitrogens with two attached hydrogens (primary N) is 1. The largest absolute Gasteiger partial charge is 0.399 e. The first-order valence-electron chi connectivity index (χ1n) is 7.75. The molecule has 3 nitrogen and oxygen atoms in total. The normalized spacial score (nSPS) is 21.4. The third kappa shape index (κ3) is 2.41. The van der Waals surface area contributed by atoms with Crippen LogP contribution in [0, 0.1) is 12.3 Å². The second-order valence-corrected chi connectivity index (χ2v) is 6.61. The first-order chi connectivity index (χ1) is 9.60. The minimum absolute atomic E-state index is 0.164. The number of aryl methyl sites for hydroxylation is 1. The number of carbonyl (C=O) groups excluding carboxylic acids is 1. The summed E-state index contributed by atoms with van der Waals surface area (Å²) in [6, 6.07) is 5.62. The lowest BCUT2D eigenvalue weighted by Crippen LogP contribution is -2.33. The minimum Gasteiger partial charge on any atom is -0.399 e. The summed E-state index contributed by atoms with van der Waals surface area (Å²) in [5.74, 6) is 0.164. The van der Waals surface area contributed by atoms with Crippen LogP contribution in [-0.4, -0.2) is 23.9 Å². The van der Waals surface area contributed by atoms with Crippen molar-refractivity contribution < 1.29 is 4.79 Å². The molecule has 1 amide bonds. The van der Waals surface area contributed by atoms with Gasteiger partial charge in [-0.05, 0) is 49.3 Å². The van der Waals surface area contributed by atoms with Crippen LogP contribution in [0.1, 0.15) is 54.4 Å². The number of hydrogen-bond acceptors (Lipinski definition) is 2. The highest BCUT2D eigenvalue weighted by molar-refractivity contribution is 5.96. The summed E-state index contributed by atoms with van der Waals surface area (Å²) in [6.07, 6.45) is 7.81. The first kappa shape index (κ1) is 13.5. The van der Waals surface area contributed by atoms with Crippen molar-refractivity contribution in [2.45, 2.75) is 45.4 Å². The van der Waals surface area contributed by atoms with Crippen molar-refractivity contribution in [2.75, 3.05) is 18.8 Å². The predicted octanol–water partition coefficient (Wildman–Crippen LogP) is 3.37. The zero-order valence-electron chi connectivity index (χ0n) is 12.3. The maximum Gasteiger partial charge on any atom is 0.254 e. The molecule has 0 aromatic heterocycles. The van der Waals surface area contributed by atoms with Crippen LogP contribution in [-0.2, 0) is 0 Å².